The first-order valence-corrected chi connectivity index (χ1v) is 10.4. The number of para-hydroxylation sites is 1. The highest BCUT2D eigenvalue weighted by Crippen LogP contribution is 2.26. The van der Waals surface area contributed by atoms with Crippen molar-refractivity contribution in [3.8, 4) is 0 Å². The molecule has 2 heterocycles. The van der Waals surface area contributed by atoms with E-state index in [9.17, 15) is 19.2 Å². The normalized spacial score (nSPS) is 15.8. The number of hydrogen-bond donors (Lipinski definition) is 2. The number of fused-ring (bicyclic) bond motifs is 1. The van der Waals surface area contributed by atoms with Gasteiger partial charge in [0, 0.05) is 23.6 Å². The first-order valence-electron chi connectivity index (χ1n) is 10.4. The number of nitrogens with zero attached hydrogens (tertiary/aromatic N) is 1. The first-order chi connectivity index (χ1) is 15.9. The Balaban J connectivity index is 1.50. The number of benzene rings is 2. The number of hydrogen-bond acceptors (Lipinski definition) is 7. The summed E-state index contributed by atoms with van der Waals surface area (Å²) in [6.07, 6.45) is 2.59. The lowest BCUT2D eigenvalue weighted by Gasteiger charge is -2.17. The molecule has 0 unspecified atom stereocenters. The fourth-order valence-electron chi connectivity index (χ4n) is 3.99. The van der Waals surface area contributed by atoms with Crippen molar-refractivity contribution < 1.29 is 28.7 Å². The van der Waals surface area contributed by atoms with Gasteiger partial charge in [0.05, 0.1) is 43.5 Å². The highest BCUT2D eigenvalue weighted by molar-refractivity contribution is 6.23. The molecule has 9 nitrogen and oxygen atoms in total. The van der Waals surface area contributed by atoms with Gasteiger partial charge in [0.25, 0.3) is 5.91 Å². The number of aromatic nitrogens is 1. The van der Waals surface area contributed by atoms with Crippen LogP contribution in [0.5, 0.6) is 0 Å². The largest absolute Gasteiger partial charge is 0.465 e. The van der Waals surface area contributed by atoms with Gasteiger partial charge in [0.1, 0.15) is 0 Å². The van der Waals surface area contributed by atoms with Gasteiger partial charge >= 0.3 is 11.9 Å². The van der Waals surface area contributed by atoms with Crippen LogP contribution in [0.15, 0.2) is 48.7 Å². The third-order valence-electron chi connectivity index (χ3n) is 5.62. The molecule has 1 aliphatic rings. The summed E-state index contributed by atoms with van der Waals surface area (Å²) >= 11 is 0. The number of nitrogens with one attached hydrogen (secondary N) is 2. The number of esters is 2. The summed E-state index contributed by atoms with van der Waals surface area (Å²) in [7, 11) is 2.40. The lowest BCUT2D eigenvalue weighted by molar-refractivity contribution is -0.121. The van der Waals surface area contributed by atoms with E-state index < -0.39 is 29.8 Å². The lowest BCUT2D eigenvalue weighted by Crippen LogP contribution is -2.39. The van der Waals surface area contributed by atoms with E-state index in [1.54, 1.807) is 0 Å². The van der Waals surface area contributed by atoms with Crippen molar-refractivity contribution in [2.75, 3.05) is 25.7 Å². The van der Waals surface area contributed by atoms with E-state index in [1.807, 2.05) is 30.5 Å². The Bertz CT molecular complexity index is 1210. The third-order valence-corrected chi connectivity index (χ3v) is 5.62. The fourth-order valence-corrected chi connectivity index (χ4v) is 3.99. The predicted octanol–water partition coefficient (Wildman–Crippen LogP) is 2.21. The molecule has 0 saturated carbocycles. The zero-order chi connectivity index (χ0) is 23.5. The van der Waals surface area contributed by atoms with Gasteiger partial charge < -0.3 is 19.8 Å². The Morgan fingerprint density at radius 2 is 1.73 bits per heavy atom. The first kappa shape index (κ1) is 22.2. The van der Waals surface area contributed by atoms with Gasteiger partial charge in [-0.05, 0) is 36.2 Å². The molecule has 0 radical (unpaired) electrons. The van der Waals surface area contributed by atoms with E-state index >= 15 is 0 Å². The molecular weight excluding hydrogens is 426 g/mol. The number of ether oxygens (including phenoxy) is 2. The van der Waals surface area contributed by atoms with Crippen LogP contribution in [0, 0.1) is 0 Å². The molecule has 33 heavy (non-hydrogen) atoms. The minimum Gasteiger partial charge on any atom is -0.465 e. The number of H-pyrrole nitrogens is 1. The van der Waals surface area contributed by atoms with E-state index in [-0.39, 0.29) is 23.2 Å². The van der Waals surface area contributed by atoms with E-state index in [1.165, 1.54) is 32.4 Å². The van der Waals surface area contributed by atoms with Crippen molar-refractivity contribution in [2.24, 2.45) is 0 Å². The molecule has 0 bridgehead atoms. The van der Waals surface area contributed by atoms with Gasteiger partial charge in [0.15, 0.2) is 0 Å². The summed E-state index contributed by atoms with van der Waals surface area (Å²) in [6, 6.07) is 11.2. The lowest BCUT2D eigenvalue weighted by atomic mass is 10.1. The van der Waals surface area contributed by atoms with Gasteiger partial charge in [-0.15, -0.1) is 0 Å². The zero-order valence-corrected chi connectivity index (χ0v) is 18.2. The molecule has 1 aliphatic heterocycles. The number of methoxy groups -OCH3 is 2. The van der Waals surface area contributed by atoms with Crippen molar-refractivity contribution in [1.82, 2.24) is 10.3 Å². The Kier molecular flexibility index (Phi) is 6.23. The maximum absolute atomic E-state index is 13.0. The van der Waals surface area contributed by atoms with Crippen molar-refractivity contribution in [3.05, 3.63) is 65.4 Å². The van der Waals surface area contributed by atoms with E-state index in [0.29, 0.717) is 13.0 Å². The molecule has 3 aromatic rings. The Labute approximate surface area is 189 Å². The summed E-state index contributed by atoms with van der Waals surface area (Å²) in [5, 5.41) is 4.27. The van der Waals surface area contributed by atoms with Crippen LogP contribution in [-0.2, 0) is 25.5 Å². The summed E-state index contributed by atoms with van der Waals surface area (Å²) in [6.45, 7) is 0.495. The van der Waals surface area contributed by atoms with Crippen LogP contribution in [0.25, 0.3) is 10.9 Å². The second kappa shape index (κ2) is 9.25. The Hall–Kier alpha value is -3.98. The topological polar surface area (TPSA) is 118 Å². The molecule has 1 fully saturated rings. The molecule has 2 N–H and O–H groups in total. The van der Waals surface area contributed by atoms with Crippen LogP contribution in [-0.4, -0.2) is 55.5 Å². The predicted molar refractivity (Wildman–Crippen MR) is 120 cm³/mol. The average molecular weight is 449 g/mol. The molecule has 1 aromatic heterocycles. The molecule has 1 atom stereocenters. The highest BCUT2D eigenvalue weighted by atomic mass is 16.5. The zero-order valence-electron chi connectivity index (χ0n) is 18.2. The van der Waals surface area contributed by atoms with Gasteiger partial charge in [-0.1, -0.05) is 18.2 Å². The number of rotatable bonds is 7. The summed E-state index contributed by atoms with van der Waals surface area (Å²) in [4.78, 5) is 54.0. The standard InChI is InChI=1S/C24H23N3O6/c1-32-23(30)15-9-16(24(31)33-2)11-17(10-15)27-21(28)12-20(22(27)29)25-8-7-14-13-26-19-6-4-3-5-18(14)19/h3-6,9-11,13,20,25-26H,7-8,12H2,1-2H3/t20-/m1/s1. The number of carbonyl (C=O) groups excluding carboxylic acids is 4. The van der Waals surface area contributed by atoms with Crippen LogP contribution < -0.4 is 10.2 Å². The maximum Gasteiger partial charge on any atom is 0.337 e. The minimum absolute atomic E-state index is 0.0251. The minimum atomic E-state index is -0.703. The van der Waals surface area contributed by atoms with Crippen molar-refractivity contribution in [1.29, 1.82) is 0 Å². The molecule has 2 aromatic carbocycles. The monoisotopic (exact) mass is 449 g/mol. The van der Waals surface area contributed by atoms with Crippen molar-refractivity contribution >= 4 is 40.3 Å². The average Bonchev–Trinajstić information content (AvgIpc) is 3.37. The number of anilines is 1. The number of carbonyl (C=O) groups is 4. The molecule has 1 saturated heterocycles. The van der Waals surface area contributed by atoms with Crippen LogP contribution in [0.1, 0.15) is 32.7 Å². The quantitative estimate of drug-likeness (QED) is 0.419. The van der Waals surface area contributed by atoms with E-state index in [0.717, 1.165) is 21.4 Å². The number of amides is 2. The smallest absolute Gasteiger partial charge is 0.337 e. The van der Waals surface area contributed by atoms with Gasteiger partial charge in [-0.2, -0.15) is 0 Å². The summed E-state index contributed by atoms with van der Waals surface area (Å²) < 4.78 is 9.44. The fraction of sp³-hybridized carbons (Fsp3) is 0.250. The SMILES string of the molecule is COC(=O)c1cc(C(=O)OC)cc(N2C(=O)C[C@@H](NCCc3c[nH]c4ccccc34)C2=O)c1. The van der Waals surface area contributed by atoms with Crippen LogP contribution in [0.3, 0.4) is 0 Å². The van der Waals surface area contributed by atoms with Crippen LogP contribution in [0.4, 0.5) is 5.69 Å². The summed E-state index contributed by atoms with van der Waals surface area (Å²) in [5.41, 5.74) is 2.34. The van der Waals surface area contributed by atoms with Crippen LogP contribution in [0.2, 0.25) is 0 Å². The molecule has 4 rings (SSSR count). The second-order valence-electron chi connectivity index (χ2n) is 7.64. The molecule has 0 aliphatic carbocycles. The molecule has 2 amide bonds. The van der Waals surface area contributed by atoms with Gasteiger partial charge in [-0.3, -0.25) is 9.59 Å². The van der Waals surface area contributed by atoms with Gasteiger partial charge in [0.2, 0.25) is 5.91 Å². The molecular formula is C24H23N3O6. The Morgan fingerprint density at radius 1 is 1.06 bits per heavy atom. The van der Waals surface area contributed by atoms with E-state index in [4.69, 9.17) is 9.47 Å². The molecule has 170 valence electrons. The maximum atomic E-state index is 13.0. The molecule has 0 spiro atoms. The summed E-state index contributed by atoms with van der Waals surface area (Å²) in [5.74, 6) is -2.27. The third kappa shape index (κ3) is 4.35. The molecule has 9 heteroatoms. The van der Waals surface area contributed by atoms with Gasteiger partial charge in [-0.25, -0.2) is 14.5 Å². The van der Waals surface area contributed by atoms with Crippen molar-refractivity contribution in [3.63, 3.8) is 0 Å². The number of aromatic amines is 1. The van der Waals surface area contributed by atoms with Crippen molar-refractivity contribution in [2.45, 2.75) is 18.9 Å². The Morgan fingerprint density at radius 3 is 2.39 bits per heavy atom. The highest BCUT2D eigenvalue weighted by Gasteiger charge is 2.39. The second-order valence-corrected chi connectivity index (χ2v) is 7.64. The van der Waals surface area contributed by atoms with Crippen LogP contribution >= 0.6 is 0 Å². The van der Waals surface area contributed by atoms with E-state index in [2.05, 4.69) is 10.3 Å². The number of imide groups is 1.